The Bertz CT molecular complexity index is 1180. The lowest BCUT2D eigenvalue weighted by Crippen LogP contribution is -2.44. The van der Waals surface area contributed by atoms with E-state index in [1.54, 1.807) is 51.1 Å². The van der Waals surface area contributed by atoms with E-state index in [9.17, 15) is 24.6 Å². The lowest BCUT2D eigenvalue weighted by Gasteiger charge is -2.29. The summed E-state index contributed by atoms with van der Waals surface area (Å²) in [7, 11) is 1.53. The van der Waals surface area contributed by atoms with Crippen LogP contribution in [0.3, 0.4) is 0 Å². The Hall–Kier alpha value is -3.69. The summed E-state index contributed by atoms with van der Waals surface area (Å²) in [5.74, 6) is -1.73. The topological polar surface area (TPSA) is 134 Å². The Labute approximate surface area is 249 Å². The van der Waals surface area contributed by atoms with Crippen LogP contribution in [0.2, 0.25) is 0 Å². The second-order valence-corrected chi connectivity index (χ2v) is 11.0. The van der Waals surface area contributed by atoms with Gasteiger partial charge >= 0.3 is 5.97 Å². The van der Waals surface area contributed by atoms with E-state index in [-0.39, 0.29) is 29.9 Å². The largest absolute Gasteiger partial charge is 0.508 e. The summed E-state index contributed by atoms with van der Waals surface area (Å²) in [6, 6.07) is 4.11. The summed E-state index contributed by atoms with van der Waals surface area (Å²) < 4.78 is 11.2. The van der Waals surface area contributed by atoms with Crippen LogP contribution in [-0.2, 0) is 30.3 Å². The van der Waals surface area contributed by atoms with E-state index >= 15 is 0 Å². The van der Waals surface area contributed by atoms with Gasteiger partial charge in [0, 0.05) is 37.1 Å². The van der Waals surface area contributed by atoms with Gasteiger partial charge in [-0.25, -0.2) is 4.79 Å². The van der Waals surface area contributed by atoms with Gasteiger partial charge in [-0.2, -0.15) is 0 Å². The predicted molar refractivity (Wildman–Crippen MR) is 164 cm³/mol. The molecule has 0 fully saturated rings. The van der Waals surface area contributed by atoms with Gasteiger partial charge < -0.3 is 30.3 Å². The molecule has 0 saturated carbocycles. The second-order valence-electron chi connectivity index (χ2n) is 11.0. The van der Waals surface area contributed by atoms with Crippen molar-refractivity contribution >= 4 is 23.5 Å². The van der Waals surface area contributed by atoms with Gasteiger partial charge in [-0.3, -0.25) is 9.59 Å². The first-order valence-electron chi connectivity index (χ1n) is 14.4. The van der Waals surface area contributed by atoms with Crippen molar-refractivity contribution in [3.05, 3.63) is 71.9 Å². The number of phenolic OH excluding ortho intramolecular Hbond substituents is 1. The minimum absolute atomic E-state index is 0.0415. The SMILES string of the molecule is CO[C@H]1C=C/C=C/C=C/C[C@H](OC(=O)[C@@H](C)NC(=O)C(C)C)[C@H](C)[C@@H](O)/C(C)=C\CCc2cc(O)cc(c2)NC(=O)C1. The summed E-state index contributed by atoms with van der Waals surface area (Å²) >= 11 is 0. The number of aliphatic hydroxyl groups excluding tert-OH is 1. The highest BCUT2D eigenvalue weighted by molar-refractivity contribution is 5.91. The molecule has 2 bridgehead atoms. The number of rotatable bonds is 5. The summed E-state index contributed by atoms with van der Waals surface area (Å²) in [4.78, 5) is 37.5. The Morgan fingerprint density at radius 1 is 1.10 bits per heavy atom. The van der Waals surface area contributed by atoms with Crippen molar-refractivity contribution < 1.29 is 34.1 Å². The molecular formula is C33H46N2O7. The summed E-state index contributed by atoms with van der Waals surface area (Å²) in [5, 5.41) is 26.9. The zero-order valence-corrected chi connectivity index (χ0v) is 25.5. The van der Waals surface area contributed by atoms with Crippen molar-refractivity contribution in [3.8, 4) is 5.75 Å². The number of esters is 1. The zero-order chi connectivity index (χ0) is 31.2. The fourth-order valence-corrected chi connectivity index (χ4v) is 4.39. The van der Waals surface area contributed by atoms with Crippen LogP contribution in [0.15, 0.2) is 66.3 Å². The van der Waals surface area contributed by atoms with Crippen LogP contribution in [0.25, 0.3) is 0 Å². The van der Waals surface area contributed by atoms with E-state index in [2.05, 4.69) is 10.6 Å². The molecule has 1 aliphatic heterocycles. The number of ether oxygens (including phenoxy) is 2. The lowest BCUT2D eigenvalue weighted by molar-refractivity contribution is -0.156. The van der Waals surface area contributed by atoms with Crippen LogP contribution in [-0.4, -0.2) is 59.5 Å². The van der Waals surface area contributed by atoms with Crippen molar-refractivity contribution in [2.75, 3.05) is 12.4 Å². The van der Waals surface area contributed by atoms with Crippen LogP contribution in [0.4, 0.5) is 5.69 Å². The maximum absolute atomic E-state index is 12.9. The van der Waals surface area contributed by atoms with Gasteiger partial charge in [0.2, 0.25) is 11.8 Å². The molecule has 0 spiro atoms. The van der Waals surface area contributed by atoms with E-state index in [0.29, 0.717) is 24.9 Å². The van der Waals surface area contributed by atoms with Gasteiger partial charge in [-0.05, 0) is 50.0 Å². The number of nitrogens with one attached hydrogen (secondary N) is 2. The number of hydrogen-bond acceptors (Lipinski definition) is 7. The number of hydrogen-bond donors (Lipinski definition) is 4. The monoisotopic (exact) mass is 582 g/mol. The quantitative estimate of drug-likeness (QED) is 0.291. The van der Waals surface area contributed by atoms with Gasteiger partial charge in [0.25, 0.3) is 0 Å². The number of benzene rings is 1. The molecule has 0 saturated heterocycles. The highest BCUT2D eigenvalue weighted by Gasteiger charge is 2.30. The van der Waals surface area contributed by atoms with Crippen molar-refractivity contribution in [3.63, 3.8) is 0 Å². The number of aliphatic hydroxyl groups is 1. The summed E-state index contributed by atoms with van der Waals surface area (Å²) in [6.45, 7) is 8.73. The molecule has 2 amide bonds. The van der Waals surface area contributed by atoms with Crippen molar-refractivity contribution in [1.82, 2.24) is 5.32 Å². The molecule has 42 heavy (non-hydrogen) atoms. The molecule has 1 aromatic rings. The minimum Gasteiger partial charge on any atom is -0.508 e. The number of carbonyl (C=O) groups excluding carboxylic acids is 3. The van der Waals surface area contributed by atoms with Crippen molar-refractivity contribution in [1.29, 1.82) is 0 Å². The molecule has 1 heterocycles. The number of allylic oxidation sites excluding steroid dienone is 5. The Kier molecular flexibility index (Phi) is 14.2. The van der Waals surface area contributed by atoms with Gasteiger partial charge in [0.1, 0.15) is 17.9 Å². The van der Waals surface area contributed by atoms with Crippen LogP contribution in [0.5, 0.6) is 5.75 Å². The molecule has 2 rings (SSSR count). The third-order valence-electron chi connectivity index (χ3n) is 7.07. The molecule has 230 valence electrons. The molecule has 9 nitrogen and oxygen atoms in total. The van der Waals surface area contributed by atoms with Crippen molar-refractivity contribution in [2.45, 2.75) is 84.7 Å². The zero-order valence-electron chi connectivity index (χ0n) is 25.5. The Morgan fingerprint density at radius 3 is 2.50 bits per heavy atom. The maximum atomic E-state index is 12.9. The highest BCUT2D eigenvalue weighted by Crippen LogP contribution is 2.24. The number of phenols is 1. The fourth-order valence-electron chi connectivity index (χ4n) is 4.39. The molecule has 1 aliphatic rings. The highest BCUT2D eigenvalue weighted by atomic mass is 16.5. The number of methoxy groups -OCH3 is 1. The number of amides is 2. The third kappa shape index (κ3) is 11.7. The average molecular weight is 583 g/mol. The molecule has 5 atom stereocenters. The Morgan fingerprint density at radius 2 is 1.81 bits per heavy atom. The van der Waals surface area contributed by atoms with Gasteiger partial charge in [-0.1, -0.05) is 63.3 Å². The summed E-state index contributed by atoms with van der Waals surface area (Å²) in [5.41, 5.74) is 2.04. The van der Waals surface area contributed by atoms with E-state index in [0.717, 1.165) is 11.1 Å². The van der Waals surface area contributed by atoms with E-state index in [4.69, 9.17) is 9.47 Å². The van der Waals surface area contributed by atoms with Gasteiger partial charge in [-0.15, -0.1) is 0 Å². The number of anilines is 1. The van der Waals surface area contributed by atoms with Crippen LogP contribution in [0.1, 0.15) is 59.4 Å². The Balaban J connectivity index is 2.32. The average Bonchev–Trinajstić information content (AvgIpc) is 2.93. The molecule has 0 aliphatic carbocycles. The molecule has 4 N–H and O–H groups in total. The first-order chi connectivity index (χ1) is 19.9. The third-order valence-corrected chi connectivity index (χ3v) is 7.07. The predicted octanol–water partition coefficient (Wildman–Crippen LogP) is 4.76. The standard InChI is InChI=1S/C33H46N2O7/c1-21(2)32(39)34-24(5)33(40)42-29-16-11-9-7-8-10-15-28(41-6)20-30(37)35-26-17-25(18-27(36)19-26)14-12-13-22(3)31(38)23(29)4/h7-11,13,15,17-19,21,23-24,28-29,31,36,38H,12,14,16,20H2,1-6H3,(H,34,39)(H,35,37)/b8-7+,11-9+,15-10?,22-13-/t23-,24+,28-,29-,31-/m0/s1. The normalized spacial score (nSPS) is 26.1. The molecule has 9 heteroatoms. The fraction of sp³-hybridized carbons (Fsp3) is 0.485. The molecule has 0 radical (unpaired) electrons. The second kappa shape index (κ2) is 17.3. The lowest BCUT2D eigenvalue weighted by atomic mass is 9.90. The number of aryl methyl sites for hydroxylation is 1. The first kappa shape index (κ1) is 34.5. The van der Waals surface area contributed by atoms with Gasteiger partial charge in [0.15, 0.2) is 0 Å². The summed E-state index contributed by atoms with van der Waals surface area (Å²) in [6.07, 6.45) is 12.4. The van der Waals surface area contributed by atoms with E-state index in [1.807, 2.05) is 38.1 Å². The van der Waals surface area contributed by atoms with Crippen LogP contribution >= 0.6 is 0 Å². The minimum atomic E-state index is -0.880. The van der Waals surface area contributed by atoms with Crippen LogP contribution in [0, 0.1) is 11.8 Å². The van der Waals surface area contributed by atoms with E-state index in [1.165, 1.54) is 13.2 Å². The molecule has 0 unspecified atom stereocenters. The number of carbonyl (C=O) groups is 3. The molecular weight excluding hydrogens is 536 g/mol. The molecule has 1 aromatic carbocycles. The number of aromatic hydroxyl groups is 1. The maximum Gasteiger partial charge on any atom is 0.328 e. The number of fused-ring (bicyclic) bond motifs is 2. The van der Waals surface area contributed by atoms with Crippen molar-refractivity contribution in [2.24, 2.45) is 11.8 Å². The molecule has 0 aromatic heterocycles. The van der Waals surface area contributed by atoms with Crippen LogP contribution < -0.4 is 10.6 Å². The first-order valence-corrected chi connectivity index (χ1v) is 14.4. The van der Waals surface area contributed by atoms with E-state index < -0.39 is 36.2 Å². The van der Waals surface area contributed by atoms with Gasteiger partial charge in [0.05, 0.1) is 18.6 Å². The smallest absolute Gasteiger partial charge is 0.328 e.